The topological polar surface area (TPSA) is 263 Å². The third-order valence-corrected chi connectivity index (χ3v) is 22.5. The van der Waals surface area contributed by atoms with E-state index in [1.807, 2.05) is 92.8 Å². The Labute approximate surface area is 544 Å². The van der Waals surface area contributed by atoms with Gasteiger partial charge in [0.15, 0.2) is 0 Å². The van der Waals surface area contributed by atoms with Crippen molar-refractivity contribution < 1.29 is 21.6 Å². The fourth-order valence-electron chi connectivity index (χ4n) is 16.0. The molecular weight excluding hydrogens is 1220 g/mol. The Balaban J connectivity index is 0.000000112. The zero-order valence-electron chi connectivity index (χ0n) is 52.7. The van der Waals surface area contributed by atoms with Gasteiger partial charge in [0, 0.05) is 124 Å². The lowest BCUT2D eigenvalue weighted by molar-refractivity contribution is 0.100. The van der Waals surface area contributed by atoms with E-state index in [0.717, 1.165) is 131 Å². The molecule has 2 N–H and O–H groups in total. The number of sulfonamides is 1. The lowest BCUT2D eigenvalue weighted by atomic mass is 9.92. The summed E-state index contributed by atoms with van der Waals surface area (Å²) in [5, 5.41) is 4.75. The van der Waals surface area contributed by atoms with Gasteiger partial charge in [-0.2, -0.15) is 9.19 Å². The molecule has 14 heterocycles. The molecule has 6 atom stereocenters. The van der Waals surface area contributed by atoms with E-state index >= 15 is 0 Å². The van der Waals surface area contributed by atoms with Crippen molar-refractivity contribution in [1.29, 1.82) is 0 Å². The second-order valence-electron chi connectivity index (χ2n) is 26.3. The highest BCUT2D eigenvalue weighted by molar-refractivity contribution is 7.89. The number of rotatable bonds is 11. The number of nitrogens with two attached hydrogens (primary N) is 1. The minimum Gasteiger partial charge on any atom is -0.366 e. The quantitative estimate of drug-likeness (QED) is 0.126. The monoisotopic (exact) mass is 1290 g/mol. The van der Waals surface area contributed by atoms with Crippen LogP contribution in [0.3, 0.4) is 0 Å². The van der Waals surface area contributed by atoms with Crippen molar-refractivity contribution in [3.63, 3.8) is 0 Å². The van der Waals surface area contributed by atoms with Crippen LogP contribution in [0.4, 0.5) is 0 Å². The van der Waals surface area contributed by atoms with Crippen LogP contribution < -0.4 is 5.73 Å². The van der Waals surface area contributed by atoms with Crippen molar-refractivity contribution in [3.05, 3.63) is 180 Å². The van der Waals surface area contributed by atoms with Gasteiger partial charge in [-0.3, -0.25) is 34.7 Å². The van der Waals surface area contributed by atoms with Crippen LogP contribution in [-0.2, 0) is 20.0 Å². The lowest BCUT2D eigenvalue weighted by Gasteiger charge is -2.30. The maximum atomic E-state index is 12.0. The second-order valence-corrected chi connectivity index (χ2v) is 30.1. The van der Waals surface area contributed by atoms with Crippen LogP contribution in [0.1, 0.15) is 157 Å². The van der Waals surface area contributed by atoms with Gasteiger partial charge in [-0.25, -0.2) is 36.1 Å². The van der Waals surface area contributed by atoms with Gasteiger partial charge in [0.25, 0.3) is 10.0 Å². The van der Waals surface area contributed by atoms with Gasteiger partial charge in [0.05, 0.1) is 75.8 Å². The van der Waals surface area contributed by atoms with Crippen LogP contribution in [0.2, 0.25) is 0 Å². The number of fused-ring (bicyclic) bond motifs is 16. The highest BCUT2D eigenvalue weighted by atomic mass is 32.2. The summed E-state index contributed by atoms with van der Waals surface area (Å²) in [5.41, 5.74) is 23.0. The number of aromatic nitrogens is 14. The minimum atomic E-state index is -3.45. The molecule has 18 rings (SSSR count). The van der Waals surface area contributed by atoms with E-state index in [4.69, 9.17) is 35.6 Å². The maximum Gasteiger partial charge on any atom is 0.250 e. The predicted molar refractivity (Wildman–Crippen MR) is 358 cm³/mol. The van der Waals surface area contributed by atoms with Crippen molar-refractivity contribution in [1.82, 2.24) is 72.0 Å². The molecule has 94 heavy (non-hydrogen) atoms. The first-order valence-corrected chi connectivity index (χ1v) is 36.1. The van der Waals surface area contributed by atoms with E-state index in [2.05, 4.69) is 58.0 Å². The number of imidazole rings is 3. The molecule has 6 unspecified atom stereocenters. The van der Waals surface area contributed by atoms with Gasteiger partial charge >= 0.3 is 0 Å². The van der Waals surface area contributed by atoms with E-state index in [-0.39, 0.29) is 5.92 Å². The first-order valence-electron chi connectivity index (χ1n) is 32.5. The zero-order chi connectivity index (χ0) is 64.3. The van der Waals surface area contributed by atoms with Gasteiger partial charge in [-0.15, -0.1) is 0 Å². The fraction of sp³-hybridized carbons (Fsp3) is 0.338. The number of carbonyl (C=O) groups is 1. The highest BCUT2D eigenvalue weighted by Crippen LogP contribution is 2.55. The van der Waals surface area contributed by atoms with Crippen LogP contribution in [0.25, 0.3) is 90.1 Å². The first kappa shape index (κ1) is 59.6. The van der Waals surface area contributed by atoms with Gasteiger partial charge < -0.3 is 19.4 Å². The summed E-state index contributed by atoms with van der Waals surface area (Å²) in [4.78, 5) is 54.9. The Morgan fingerprint density at radius 2 is 1.00 bits per heavy atom. The molecule has 1 amide bonds. The van der Waals surface area contributed by atoms with Crippen LogP contribution in [-0.4, -0.2) is 120 Å². The van der Waals surface area contributed by atoms with Crippen molar-refractivity contribution in [2.75, 3.05) is 25.6 Å². The van der Waals surface area contributed by atoms with Gasteiger partial charge in [-0.1, -0.05) is 24.3 Å². The average molecular weight is 1290 g/mol. The summed E-state index contributed by atoms with van der Waals surface area (Å²) in [7, 11) is -6.58. The van der Waals surface area contributed by atoms with E-state index in [1.54, 1.807) is 29.0 Å². The van der Waals surface area contributed by atoms with E-state index in [1.165, 1.54) is 81.7 Å². The normalized spacial score (nSPS) is 20.8. The molecule has 4 fully saturated rings. The number of piperidine rings is 1. The molecule has 21 nitrogen and oxygen atoms in total. The molecule has 7 aliphatic rings. The molecule has 23 heteroatoms. The van der Waals surface area contributed by atoms with Crippen LogP contribution in [0, 0.1) is 13.8 Å². The summed E-state index contributed by atoms with van der Waals surface area (Å²) < 4.78 is 57.3. The number of primary amides is 1. The molecule has 10 aromatic heterocycles. The summed E-state index contributed by atoms with van der Waals surface area (Å²) >= 11 is 0. The largest absolute Gasteiger partial charge is 0.366 e. The Morgan fingerprint density at radius 3 is 1.52 bits per heavy atom. The maximum absolute atomic E-state index is 12.0. The van der Waals surface area contributed by atoms with Gasteiger partial charge in [-0.05, 0) is 163 Å². The van der Waals surface area contributed by atoms with E-state index in [0.29, 0.717) is 65.8 Å². The first-order chi connectivity index (χ1) is 45.5. The van der Waals surface area contributed by atoms with Crippen molar-refractivity contribution >= 4 is 36.9 Å². The number of benzene rings is 1. The Bertz CT molecular complexity index is 5070. The lowest BCUT2D eigenvalue weighted by Crippen LogP contribution is -2.37. The standard InChI is InChI=1S/C25H29N5O2S.C23H22N6O2S.C23H19N5O/c1-16-4-3-5-21(27-16)23-24(30-20-7-6-19(14-20)25(30)28-23)18-8-11-26-22(15-18)17-9-12-29(13-10-17)33(2,31)32;1-14-4-3-5-19(26-14)21-22(29-18-7-6-16(10-18)23(29)27-21)15-8-9-24-20(11-15)17-12-25-28(13-17)32(2,30)31;24-22(29)16-8-10-26-18-7-5-13(12-17(16)18)21-20(19-3-1-2-9-25-19)27-23-14-4-6-15(11-14)28(21)23/h3-5,8,11,15,17,19-20H,6-7,9-10,12-14H2,1-2H3;3-5,8-9,11-13,16,18H,6-7,10H2,1-2H3;1-3,5,7-10,12,14-15H,4,6,11H2,(H2,24,29). The molecule has 476 valence electrons. The van der Waals surface area contributed by atoms with Gasteiger partial charge in [0.1, 0.15) is 34.6 Å². The highest BCUT2D eigenvalue weighted by Gasteiger charge is 2.44. The summed E-state index contributed by atoms with van der Waals surface area (Å²) in [6, 6.07) is 35.5. The van der Waals surface area contributed by atoms with E-state index < -0.39 is 26.0 Å². The Kier molecular flexibility index (Phi) is 14.7. The third kappa shape index (κ3) is 10.6. The molecular formula is C71H70N16O5S2. The SMILES string of the molecule is Cc1cccc(-c2nc3n(c2-c2ccnc(-c4cnn(S(C)(=O)=O)c4)c2)C2CCC3C2)n1.Cc1cccc(-c2nc3n(c2-c2ccnc(C4CCN(S(C)(=O)=O)CC4)c2)C2CCC3C2)n1.NC(=O)c1ccnc2ccc(-c3c(-c4ccccn4)nc4n3C3CCC4C3)cc12. The summed E-state index contributed by atoms with van der Waals surface area (Å²) in [6.45, 7) is 5.12. The zero-order valence-corrected chi connectivity index (χ0v) is 54.3. The predicted octanol–water partition coefficient (Wildman–Crippen LogP) is 12.2. The molecule has 4 aliphatic heterocycles. The van der Waals surface area contributed by atoms with Gasteiger partial charge in [0.2, 0.25) is 15.9 Å². The third-order valence-electron chi connectivity index (χ3n) is 20.3. The Morgan fingerprint density at radius 1 is 0.479 bits per heavy atom. The minimum absolute atomic E-state index is 0.265. The molecule has 1 aromatic carbocycles. The summed E-state index contributed by atoms with van der Waals surface area (Å²) in [6.07, 6.45) is 24.8. The summed E-state index contributed by atoms with van der Waals surface area (Å²) in [5.74, 6) is 4.92. The van der Waals surface area contributed by atoms with E-state index in [9.17, 15) is 21.6 Å². The van der Waals surface area contributed by atoms with Crippen molar-refractivity contribution in [2.24, 2.45) is 5.73 Å². The molecule has 1 saturated heterocycles. The number of hydrogen-bond acceptors (Lipinski definition) is 15. The molecule has 3 aliphatic carbocycles. The Hall–Kier alpha value is -9.45. The smallest absolute Gasteiger partial charge is 0.250 e. The number of aryl methyl sites for hydroxylation is 2. The molecule has 11 aromatic rings. The molecule has 3 saturated carbocycles. The van der Waals surface area contributed by atoms with Crippen molar-refractivity contribution in [2.45, 2.75) is 126 Å². The number of amides is 1. The fourth-order valence-corrected chi connectivity index (χ4v) is 17.4. The number of pyridine rings is 6. The molecule has 0 radical (unpaired) electrons. The number of nitrogens with zero attached hydrogens (tertiary/aromatic N) is 15. The van der Waals surface area contributed by atoms with Crippen LogP contribution >= 0.6 is 0 Å². The average Bonchev–Trinajstić information content (AvgIpc) is 1.58. The van der Waals surface area contributed by atoms with Crippen molar-refractivity contribution in [3.8, 4) is 79.2 Å². The van der Waals surface area contributed by atoms with Crippen LogP contribution in [0.5, 0.6) is 0 Å². The number of carbonyl (C=O) groups excluding carboxylic acids is 1. The number of hydrogen-bond donors (Lipinski definition) is 1. The molecule has 0 spiro atoms. The second kappa shape index (κ2) is 23.2. The van der Waals surface area contributed by atoms with Crippen LogP contribution in [0.15, 0.2) is 140 Å². The molecule has 6 bridgehead atoms.